The molecule has 27 heavy (non-hydrogen) atoms. The van der Waals surface area contributed by atoms with Crippen LogP contribution in [0.1, 0.15) is 18.9 Å². The number of carbonyl (C=O) groups is 2. The van der Waals surface area contributed by atoms with Crippen molar-refractivity contribution in [1.29, 1.82) is 0 Å². The van der Waals surface area contributed by atoms with Crippen molar-refractivity contribution in [1.82, 2.24) is 9.88 Å². The number of carbonyl (C=O) groups excluding carboxylic acids is 2. The van der Waals surface area contributed by atoms with E-state index in [1.807, 2.05) is 13.0 Å². The van der Waals surface area contributed by atoms with Gasteiger partial charge in [-0.1, -0.05) is 6.07 Å². The molecule has 0 atom stereocenters. The second-order valence-corrected chi connectivity index (χ2v) is 5.70. The molecule has 1 heterocycles. The van der Waals surface area contributed by atoms with Crippen LogP contribution in [0.25, 0.3) is 0 Å². The number of hydrogen-bond donors (Lipinski definition) is 0. The van der Waals surface area contributed by atoms with Crippen molar-refractivity contribution in [3.05, 3.63) is 54.4 Å². The van der Waals surface area contributed by atoms with Gasteiger partial charge in [0.2, 0.25) is 0 Å². The Labute approximate surface area is 158 Å². The number of rotatable bonds is 10. The van der Waals surface area contributed by atoms with Gasteiger partial charge in [0.15, 0.2) is 6.61 Å². The molecule has 0 saturated heterocycles. The lowest BCUT2D eigenvalue weighted by Crippen LogP contribution is -2.36. The summed E-state index contributed by atoms with van der Waals surface area (Å²) in [4.78, 5) is 29.6. The van der Waals surface area contributed by atoms with Crippen molar-refractivity contribution in [3.8, 4) is 11.5 Å². The van der Waals surface area contributed by atoms with Gasteiger partial charge in [-0.05, 0) is 42.8 Å². The van der Waals surface area contributed by atoms with Gasteiger partial charge in [-0.3, -0.25) is 14.6 Å². The third-order valence-electron chi connectivity index (χ3n) is 3.76. The monoisotopic (exact) mass is 372 g/mol. The number of pyridine rings is 1. The molecule has 0 radical (unpaired) electrons. The fourth-order valence-electron chi connectivity index (χ4n) is 2.37. The SMILES string of the molecule is CCOc1ccc(OCC(=O)N(CCC(=O)OC)Cc2cccnc2)cc1. The minimum absolute atomic E-state index is 0.117. The molecule has 0 N–H and O–H groups in total. The number of hydrogen-bond acceptors (Lipinski definition) is 6. The molecule has 0 aliphatic rings. The lowest BCUT2D eigenvalue weighted by atomic mass is 10.2. The fraction of sp³-hybridized carbons (Fsp3) is 0.350. The summed E-state index contributed by atoms with van der Waals surface area (Å²) in [5.74, 6) is 0.719. The first-order valence-corrected chi connectivity index (χ1v) is 8.71. The quantitative estimate of drug-likeness (QED) is 0.596. The van der Waals surface area contributed by atoms with Crippen LogP contribution >= 0.6 is 0 Å². The second kappa shape index (κ2) is 10.8. The first-order valence-electron chi connectivity index (χ1n) is 8.71. The molecular weight excluding hydrogens is 348 g/mol. The highest BCUT2D eigenvalue weighted by Gasteiger charge is 2.17. The lowest BCUT2D eigenvalue weighted by molar-refractivity contribution is -0.142. The molecule has 0 fully saturated rings. The standard InChI is InChI=1S/C20H24N2O5/c1-3-26-17-6-8-18(9-7-17)27-15-19(23)22(12-10-20(24)25-2)14-16-5-4-11-21-13-16/h4-9,11,13H,3,10,12,14-15H2,1-2H3. The highest BCUT2D eigenvalue weighted by atomic mass is 16.5. The highest BCUT2D eigenvalue weighted by Crippen LogP contribution is 2.17. The molecule has 1 amide bonds. The number of nitrogens with zero attached hydrogens (tertiary/aromatic N) is 2. The van der Waals surface area contributed by atoms with Crippen molar-refractivity contribution < 1.29 is 23.8 Å². The predicted molar refractivity (Wildman–Crippen MR) is 99.4 cm³/mol. The Kier molecular flexibility index (Phi) is 8.09. The molecule has 2 rings (SSSR count). The van der Waals surface area contributed by atoms with E-state index in [0.29, 0.717) is 18.9 Å². The van der Waals surface area contributed by atoms with Gasteiger partial charge in [0.05, 0.1) is 20.1 Å². The van der Waals surface area contributed by atoms with E-state index in [0.717, 1.165) is 11.3 Å². The molecule has 7 heteroatoms. The summed E-state index contributed by atoms with van der Waals surface area (Å²) in [6.45, 7) is 2.95. The van der Waals surface area contributed by atoms with Crippen LogP contribution in [-0.4, -0.2) is 48.6 Å². The number of methoxy groups -OCH3 is 1. The van der Waals surface area contributed by atoms with Crippen LogP contribution < -0.4 is 9.47 Å². The molecular formula is C20H24N2O5. The largest absolute Gasteiger partial charge is 0.494 e. The van der Waals surface area contributed by atoms with Crippen LogP contribution in [0.2, 0.25) is 0 Å². The van der Waals surface area contributed by atoms with Gasteiger partial charge in [0.1, 0.15) is 11.5 Å². The number of benzene rings is 1. The maximum absolute atomic E-state index is 12.6. The van der Waals surface area contributed by atoms with E-state index in [-0.39, 0.29) is 31.4 Å². The Morgan fingerprint density at radius 2 is 1.78 bits per heavy atom. The summed E-state index contributed by atoms with van der Waals surface area (Å²) < 4.78 is 15.6. The van der Waals surface area contributed by atoms with Gasteiger partial charge in [0, 0.05) is 25.5 Å². The minimum Gasteiger partial charge on any atom is -0.494 e. The van der Waals surface area contributed by atoms with Crippen molar-refractivity contribution in [3.63, 3.8) is 0 Å². The van der Waals surface area contributed by atoms with Crippen LogP contribution in [0.4, 0.5) is 0 Å². The number of esters is 1. The fourth-order valence-corrected chi connectivity index (χ4v) is 2.37. The second-order valence-electron chi connectivity index (χ2n) is 5.70. The van der Waals surface area contributed by atoms with E-state index in [9.17, 15) is 9.59 Å². The smallest absolute Gasteiger partial charge is 0.307 e. The first kappa shape index (κ1) is 20.2. The van der Waals surface area contributed by atoms with E-state index in [4.69, 9.17) is 9.47 Å². The zero-order chi connectivity index (χ0) is 19.5. The Morgan fingerprint density at radius 1 is 1.07 bits per heavy atom. The van der Waals surface area contributed by atoms with E-state index in [1.54, 1.807) is 47.6 Å². The Morgan fingerprint density at radius 3 is 2.37 bits per heavy atom. The summed E-state index contributed by atoms with van der Waals surface area (Å²) >= 11 is 0. The van der Waals surface area contributed by atoms with Crippen LogP contribution in [0.5, 0.6) is 11.5 Å². The molecule has 1 aromatic carbocycles. The summed E-state index contributed by atoms with van der Waals surface area (Å²) in [6, 6.07) is 10.7. The van der Waals surface area contributed by atoms with Crippen LogP contribution in [0.15, 0.2) is 48.8 Å². The highest BCUT2D eigenvalue weighted by molar-refractivity contribution is 5.78. The van der Waals surface area contributed by atoms with Crippen LogP contribution in [0, 0.1) is 0 Å². The molecule has 0 saturated carbocycles. The van der Waals surface area contributed by atoms with Gasteiger partial charge >= 0.3 is 5.97 Å². The Balaban J connectivity index is 1.95. The topological polar surface area (TPSA) is 78.0 Å². The molecule has 0 unspecified atom stereocenters. The molecule has 0 bridgehead atoms. The lowest BCUT2D eigenvalue weighted by Gasteiger charge is -2.22. The van der Waals surface area contributed by atoms with Gasteiger partial charge in [-0.25, -0.2) is 0 Å². The minimum atomic E-state index is -0.369. The molecule has 0 aliphatic heterocycles. The number of ether oxygens (including phenoxy) is 3. The molecule has 144 valence electrons. The van der Waals surface area contributed by atoms with Crippen molar-refractivity contribution in [2.75, 3.05) is 26.9 Å². The molecule has 0 spiro atoms. The summed E-state index contributed by atoms with van der Waals surface area (Å²) in [5, 5.41) is 0. The van der Waals surface area contributed by atoms with Crippen molar-refractivity contribution >= 4 is 11.9 Å². The zero-order valence-electron chi connectivity index (χ0n) is 15.6. The Bertz CT molecular complexity index is 719. The van der Waals surface area contributed by atoms with E-state index in [2.05, 4.69) is 9.72 Å². The number of amides is 1. The third kappa shape index (κ3) is 6.97. The summed E-state index contributed by atoms with van der Waals surface area (Å²) in [5.41, 5.74) is 0.872. The van der Waals surface area contributed by atoms with Gasteiger partial charge < -0.3 is 19.1 Å². The zero-order valence-corrected chi connectivity index (χ0v) is 15.6. The first-order chi connectivity index (χ1) is 13.1. The molecule has 0 aliphatic carbocycles. The Hall–Kier alpha value is -3.09. The van der Waals surface area contributed by atoms with Gasteiger partial charge in [-0.2, -0.15) is 0 Å². The molecule has 2 aromatic rings. The normalized spacial score (nSPS) is 10.1. The van der Waals surface area contributed by atoms with Crippen LogP contribution in [-0.2, 0) is 20.9 Å². The summed E-state index contributed by atoms with van der Waals surface area (Å²) in [7, 11) is 1.32. The van der Waals surface area contributed by atoms with E-state index < -0.39 is 0 Å². The van der Waals surface area contributed by atoms with Crippen molar-refractivity contribution in [2.24, 2.45) is 0 Å². The molecule has 7 nitrogen and oxygen atoms in total. The maximum Gasteiger partial charge on any atom is 0.307 e. The van der Waals surface area contributed by atoms with Crippen LogP contribution in [0.3, 0.4) is 0 Å². The van der Waals surface area contributed by atoms with E-state index >= 15 is 0 Å². The maximum atomic E-state index is 12.6. The third-order valence-corrected chi connectivity index (χ3v) is 3.76. The van der Waals surface area contributed by atoms with E-state index in [1.165, 1.54) is 7.11 Å². The average Bonchev–Trinajstić information content (AvgIpc) is 2.71. The van der Waals surface area contributed by atoms with Gasteiger partial charge in [-0.15, -0.1) is 0 Å². The van der Waals surface area contributed by atoms with Gasteiger partial charge in [0.25, 0.3) is 5.91 Å². The predicted octanol–water partition coefficient (Wildman–Crippen LogP) is 2.45. The summed E-state index contributed by atoms with van der Waals surface area (Å²) in [6.07, 6.45) is 3.47. The molecule has 1 aromatic heterocycles. The van der Waals surface area contributed by atoms with Crippen molar-refractivity contribution in [2.45, 2.75) is 19.9 Å². The average molecular weight is 372 g/mol. The number of aromatic nitrogens is 1.